The molecule has 1 N–H and O–H groups in total. The minimum atomic E-state index is 0.310. The third-order valence-electron chi connectivity index (χ3n) is 4.12. The first-order chi connectivity index (χ1) is 7.70. The van der Waals surface area contributed by atoms with Crippen LogP contribution in [0, 0.1) is 5.92 Å². The fourth-order valence-electron chi connectivity index (χ4n) is 3.08. The smallest absolute Gasteiger partial charge is 0.0708 e. The van der Waals surface area contributed by atoms with Gasteiger partial charge in [0.25, 0.3) is 0 Å². The summed E-state index contributed by atoms with van der Waals surface area (Å²) >= 11 is 0. The molecular formula is C14H27NO. The first kappa shape index (κ1) is 12.4. The van der Waals surface area contributed by atoms with Gasteiger partial charge in [0.1, 0.15) is 0 Å². The maximum absolute atomic E-state index is 6.25. The zero-order valence-corrected chi connectivity index (χ0v) is 10.9. The lowest BCUT2D eigenvalue weighted by molar-refractivity contribution is -0.0350. The van der Waals surface area contributed by atoms with Crippen LogP contribution < -0.4 is 5.32 Å². The van der Waals surface area contributed by atoms with Crippen molar-refractivity contribution in [2.45, 2.75) is 70.5 Å². The van der Waals surface area contributed by atoms with E-state index in [-0.39, 0.29) is 0 Å². The topological polar surface area (TPSA) is 21.3 Å². The monoisotopic (exact) mass is 225 g/mol. The average molecular weight is 225 g/mol. The van der Waals surface area contributed by atoms with Crippen LogP contribution in [-0.4, -0.2) is 24.8 Å². The van der Waals surface area contributed by atoms with Crippen molar-refractivity contribution in [3.63, 3.8) is 0 Å². The van der Waals surface area contributed by atoms with Crippen LogP contribution in [-0.2, 0) is 4.74 Å². The zero-order chi connectivity index (χ0) is 11.4. The molecule has 2 aliphatic rings. The molecule has 1 heterocycles. The van der Waals surface area contributed by atoms with Gasteiger partial charge in [0.2, 0.25) is 0 Å². The quantitative estimate of drug-likeness (QED) is 0.726. The number of rotatable bonds is 5. The largest absolute Gasteiger partial charge is 0.370 e. The van der Waals surface area contributed by atoms with Gasteiger partial charge in [-0.15, -0.1) is 0 Å². The highest BCUT2D eigenvalue weighted by atomic mass is 16.5. The number of hydrogen-bond acceptors (Lipinski definition) is 2. The van der Waals surface area contributed by atoms with E-state index >= 15 is 0 Å². The highest BCUT2D eigenvalue weighted by Gasteiger charge is 2.41. The third-order valence-corrected chi connectivity index (χ3v) is 4.12. The Morgan fingerprint density at radius 3 is 2.69 bits per heavy atom. The van der Waals surface area contributed by atoms with Crippen LogP contribution in [0.3, 0.4) is 0 Å². The van der Waals surface area contributed by atoms with Crippen LogP contribution >= 0.6 is 0 Å². The van der Waals surface area contributed by atoms with Crippen molar-refractivity contribution in [3.05, 3.63) is 0 Å². The second-order valence-corrected chi connectivity index (χ2v) is 6.06. The van der Waals surface area contributed by atoms with Crippen LogP contribution in [0.15, 0.2) is 0 Å². The molecule has 2 heteroatoms. The molecule has 1 atom stereocenters. The molecule has 94 valence electrons. The Labute approximate surface area is 100 Å². The van der Waals surface area contributed by atoms with E-state index in [1.807, 2.05) is 0 Å². The van der Waals surface area contributed by atoms with Gasteiger partial charge in [-0.3, -0.25) is 0 Å². The van der Waals surface area contributed by atoms with Crippen LogP contribution in [0.25, 0.3) is 0 Å². The van der Waals surface area contributed by atoms with Crippen molar-refractivity contribution in [2.75, 3.05) is 13.1 Å². The zero-order valence-electron chi connectivity index (χ0n) is 10.9. The number of ether oxygens (including phenoxy) is 1. The lowest BCUT2D eigenvalue weighted by Crippen LogP contribution is -2.31. The minimum absolute atomic E-state index is 0.310. The Bertz CT molecular complexity index is 209. The van der Waals surface area contributed by atoms with Crippen LogP contribution in [0.5, 0.6) is 0 Å². The predicted octanol–water partition coefficient (Wildman–Crippen LogP) is 3.11. The molecule has 0 aromatic heterocycles. The standard InChI is InChI=1S/C14H27NO/c1-12(2)6-10-15-11-13-5-9-14(16-13)7-3-4-8-14/h12-13,15H,3-11H2,1-2H3. The molecule has 1 spiro atoms. The van der Waals surface area contributed by atoms with Crippen molar-refractivity contribution < 1.29 is 4.74 Å². The molecule has 1 aliphatic carbocycles. The Balaban J connectivity index is 1.61. The Kier molecular flexibility index (Phi) is 4.26. The summed E-state index contributed by atoms with van der Waals surface area (Å²) in [5.74, 6) is 0.804. The second-order valence-electron chi connectivity index (χ2n) is 6.06. The molecular weight excluding hydrogens is 198 g/mol. The molecule has 16 heavy (non-hydrogen) atoms. The summed E-state index contributed by atoms with van der Waals surface area (Å²) in [5.41, 5.74) is 0.310. The van der Waals surface area contributed by atoms with E-state index < -0.39 is 0 Å². The average Bonchev–Trinajstić information content (AvgIpc) is 2.85. The normalized spacial score (nSPS) is 28.3. The molecule has 0 aromatic rings. The van der Waals surface area contributed by atoms with Gasteiger partial charge in [0, 0.05) is 6.54 Å². The molecule has 0 amide bonds. The van der Waals surface area contributed by atoms with Crippen molar-refractivity contribution in [3.8, 4) is 0 Å². The SMILES string of the molecule is CC(C)CCNCC1CCC2(CCCC2)O1. The van der Waals surface area contributed by atoms with E-state index in [9.17, 15) is 0 Å². The second kappa shape index (κ2) is 5.50. The Hall–Kier alpha value is -0.0800. The van der Waals surface area contributed by atoms with E-state index in [0.717, 1.165) is 19.0 Å². The van der Waals surface area contributed by atoms with Gasteiger partial charge in [-0.2, -0.15) is 0 Å². The van der Waals surface area contributed by atoms with E-state index in [0.29, 0.717) is 11.7 Å². The summed E-state index contributed by atoms with van der Waals surface area (Å²) in [6.07, 6.45) is 9.74. The van der Waals surface area contributed by atoms with E-state index in [2.05, 4.69) is 19.2 Å². The molecule has 1 unspecified atom stereocenters. The fraction of sp³-hybridized carbons (Fsp3) is 1.00. The lowest BCUT2D eigenvalue weighted by Gasteiger charge is -2.24. The van der Waals surface area contributed by atoms with Gasteiger partial charge >= 0.3 is 0 Å². The minimum Gasteiger partial charge on any atom is -0.370 e. The molecule has 0 bridgehead atoms. The molecule has 0 radical (unpaired) electrons. The molecule has 2 fully saturated rings. The fourth-order valence-corrected chi connectivity index (χ4v) is 3.08. The van der Waals surface area contributed by atoms with Gasteiger partial charge in [-0.05, 0) is 44.6 Å². The van der Waals surface area contributed by atoms with Gasteiger partial charge < -0.3 is 10.1 Å². The van der Waals surface area contributed by atoms with Gasteiger partial charge in [0.15, 0.2) is 0 Å². The van der Waals surface area contributed by atoms with E-state index in [1.54, 1.807) is 0 Å². The highest BCUT2D eigenvalue weighted by molar-refractivity contribution is 4.93. The summed E-state index contributed by atoms with van der Waals surface area (Å²) in [6, 6.07) is 0. The van der Waals surface area contributed by atoms with Crippen LogP contribution in [0.4, 0.5) is 0 Å². The Morgan fingerprint density at radius 2 is 2.00 bits per heavy atom. The van der Waals surface area contributed by atoms with Gasteiger partial charge in [0.05, 0.1) is 11.7 Å². The molecule has 1 saturated heterocycles. The predicted molar refractivity (Wildman–Crippen MR) is 67.6 cm³/mol. The van der Waals surface area contributed by atoms with Crippen molar-refractivity contribution >= 4 is 0 Å². The molecule has 2 nitrogen and oxygen atoms in total. The summed E-state index contributed by atoms with van der Waals surface area (Å²) < 4.78 is 6.25. The first-order valence-corrected chi connectivity index (χ1v) is 7.09. The summed E-state index contributed by atoms with van der Waals surface area (Å²) in [7, 11) is 0. The third kappa shape index (κ3) is 3.21. The summed E-state index contributed by atoms with van der Waals surface area (Å²) in [5, 5.41) is 3.54. The van der Waals surface area contributed by atoms with Crippen molar-refractivity contribution in [1.29, 1.82) is 0 Å². The van der Waals surface area contributed by atoms with Crippen LogP contribution in [0.1, 0.15) is 58.8 Å². The van der Waals surface area contributed by atoms with Crippen molar-refractivity contribution in [2.24, 2.45) is 5.92 Å². The molecule has 0 aromatic carbocycles. The Morgan fingerprint density at radius 1 is 1.25 bits per heavy atom. The summed E-state index contributed by atoms with van der Waals surface area (Å²) in [4.78, 5) is 0. The van der Waals surface area contributed by atoms with Gasteiger partial charge in [-0.25, -0.2) is 0 Å². The van der Waals surface area contributed by atoms with Crippen LogP contribution in [0.2, 0.25) is 0 Å². The highest BCUT2D eigenvalue weighted by Crippen LogP contribution is 2.43. The van der Waals surface area contributed by atoms with E-state index in [1.165, 1.54) is 44.9 Å². The number of hydrogen-bond donors (Lipinski definition) is 1. The molecule has 2 rings (SSSR count). The maximum atomic E-state index is 6.25. The van der Waals surface area contributed by atoms with E-state index in [4.69, 9.17) is 4.74 Å². The van der Waals surface area contributed by atoms with Crippen molar-refractivity contribution in [1.82, 2.24) is 5.32 Å². The number of nitrogens with one attached hydrogen (secondary N) is 1. The van der Waals surface area contributed by atoms with Gasteiger partial charge in [-0.1, -0.05) is 26.7 Å². The molecule has 1 aliphatic heterocycles. The maximum Gasteiger partial charge on any atom is 0.0708 e. The first-order valence-electron chi connectivity index (χ1n) is 7.09. The summed E-state index contributed by atoms with van der Waals surface area (Å²) in [6.45, 7) is 6.77. The molecule has 1 saturated carbocycles. The lowest BCUT2D eigenvalue weighted by atomic mass is 9.98.